The molecular formula is C18H20N4O4. The number of benzene rings is 1. The molecule has 26 heavy (non-hydrogen) atoms. The zero-order valence-electron chi connectivity index (χ0n) is 14.4. The number of anilines is 1. The number of aryl methyl sites for hydroxylation is 1. The van der Waals surface area contributed by atoms with Crippen LogP contribution in [0.3, 0.4) is 0 Å². The Kier molecular flexibility index (Phi) is 5.01. The smallest absolute Gasteiger partial charge is 0.407 e. The third-order valence-electron chi connectivity index (χ3n) is 4.44. The number of hydrogen-bond donors (Lipinski definition) is 3. The minimum atomic E-state index is -0.967. The van der Waals surface area contributed by atoms with Crippen LogP contribution in [-0.2, 0) is 12.8 Å². The van der Waals surface area contributed by atoms with Crippen LogP contribution < -0.4 is 5.32 Å². The van der Waals surface area contributed by atoms with E-state index in [0.717, 1.165) is 24.1 Å². The molecule has 0 saturated heterocycles. The number of nitrogens with zero attached hydrogens (tertiary/aromatic N) is 2. The second-order valence-corrected chi connectivity index (χ2v) is 6.31. The van der Waals surface area contributed by atoms with E-state index in [1.165, 1.54) is 11.9 Å². The van der Waals surface area contributed by atoms with Gasteiger partial charge >= 0.3 is 6.09 Å². The second kappa shape index (κ2) is 7.38. The summed E-state index contributed by atoms with van der Waals surface area (Å²) < 4.78 is 0. The number of fused-ring (bicyclic) bond motifs is 1. The molecule has 1 aliphatic carbocycles. The van der Waals surface area contributed by atoms with Crippen LogP contribution in [0.2, 0.25) is 0 Å². The standard InChI is InChI=1S/C18H20N4O4/c1-22(18(25)26)10-9-11-5-7-12(8-6-11)19-17(24)16-15-13(20-21-16)3-2-4-14(15)23/h5-8H,2-4,9-10H2,1H3,(H,19,24)(H,20,21)(H,25,26). The Morgan fingerprint density at radius 2 is 2.00 bits per heavy atom. The maximum absolute atomic E-state index is 12.4. The van der Waals surface area contributed by atoms with Gasteiger partial charge in [0.15, 0.2) is 11.5 Å². The van der Waals surface area contributed by atoms with Crippen molar-refractivity contribution in [1.29, 1.82) is 0 Å². The maximum Gasteiger partial charge on any atom is 0.407 e. The number of Topliss-reactive ketones (excluding diaryl/α,β-unsaturated/α-hetero) is 1. The lowest BCUT2D eigenvalue weighted by Crippen LogP contribution is -2.26. The zero-order chi connectivity index (χ0) is 18.7. The van der Waals surface area contributed by atoms with Crippen molar-refractivity contribution in [1.82, 2.24) is 15.1 Å². The third-order valence-corrected chi connectivity index (χ3v) is 4.44. The molecule has 1 aromatic heterocycles. The van der Waals surface area contributed by atoms with Gasteiger partial charge < -0.3 is 15.3 Å². The number of aromatic nitrogens is 2. The van der Waals surface area contributed by atoms with Crippen molar-refractivity contribution in [2.75, 3.05) is 18.9 Å². The number of carboxylic acid groups (broad SMARTS) is 1. The highest BCUT2D eigenvalue weighted by Gasteiger charge is 2.27. The number of carbonyl (C=O) groups excluding carboxylic acids is 2. The Balaban J connectivity index is 1.64. The topological polar surface area (TPSA) is 115 Å². The highest BCUT2D eigenvalue weighted by molar-refractivity contribution is 6.12. The summed E-state index contributed by atoms with van der Waals surface area (Å²) in [5.74, 6) is -0.473. The summed E-state index contributed by atoms with van der Waals surface area (Å²) in [7, 11) is 1.52. The summed E-state index contributed by atoms with van der Waals surface area (Å²) in [6.07, 6.45) is 1.55. The third kappa shape index (κ3) is 3.74. The number of ketones is 1. The van der Waals surface area contributed by atoms with E-state index in [2.05, 4.69) is 15.5 Å². The number of amides is 2. The van der Waals surface area contributed by atoms with Crippen molar-refractivity contribution >= 4 is 23.5 Å². The SMILES string of the molecule is CN(CCc1ccc(NC(=O)c2n[nH]c3c2C(=O)CCC3)cc1)C(=O)O. The van der Waals surface area contributed by atoms with Crippen molar-refractivity contribution in [3.63, 3.8) is 0 Å². The lowest BCUT2D eigenvalue weighted by atomic mass is 9.94. The highest BCUT2D eigenvalue weighted by atomic mass is 16.4. The average molecular weight is 356 g/mol. The molecule has 0 spiro atoms. The van der Waals surface area contributed by atoms with Crippen LogP contribution in [0.4, 0.5) is 10.5 Å². The number of carbonyl (C=O) groups is 3. The largest absolute Gasteiger partial charge is 0.465 e. The van der Waals surface area contributed by atoms with Crippen LogP contribution in [-0.4, -0.2) is 51.6 Å². The van der Waals surface area contributed by atoms with Crippen LogP contribution in [0.15, 0.2) is 24.3 Å². The molecule has 1 aliphatic rings. The van der Waals surface area contributed by atoms with Gasteiger partial charge in [-0.05, 0) is 37.0 Å². The Labute approximate surface area is 150 Å². The van der Waals surface area contributed by atoms with Crippen molar-refractivity contribution < 1.29 is 19.5 Å². The molecule has 1 heterocycles. The summed E-state index contributed by atoms with van der Waals surface area (Å²) in [5.41, 5.74) is 2.82. The van der Waals surface area contributed by atoms with Crippen LogP contribution >= 0.6 is 0 Å². The molecule has 0 unspecified atom stereocenters. The van der Waals surface area contributed by atoms with Gasteiger partial charge in [-0.3, -0.25) is 14.7 Å². The minimum Gasteiger partial charge on any atom is -0.465 e. The van der Waals surface area contributed by atoms with Gasteiger partial charge in [0.25, 0.3) is 5.91 Å². The van der Waals surface area contributed by atoms with Gasteiger partial charge in [-0.2, -0.15) is 5.10 Å². The van der Waals surface area contributed by atoms with E-state index in [1.54, 1.807) is 12.1 Å². The molecule has 0 atom stereocenters. The first-order valence-electron chi connectivity index (χ1n) is 8.40. The van der Waals surface area contributed by atoms with Gasteiger partial charge in [-0.15, -0.1) is 0 Å². The maximum atomic E-state index is 12.4. The number of H-pyrrole nitrogens is 1. The molecule has 8 nitrogen and oxygen atoms in total. The Morgan fingerprint density at radius 1 is 1.27 bits per heavy atom. The first-order chi connectivity index (χ1) is 12.5. The summed E-state index contributed by atoms with van der Waals surface area (Å²) in [6.45, 7) is 0.391. The van der Waals surface area contributed by atoms with E-state index in [9.17, 15) is 14.4 Å². The molecule has 0 bridgehead atoms. The van der Waals surface area contributed by atoms with Gasteiger partial charge in [0, 0.05) is 31.4 Å². The second-order valence-electron chi connectivity index (χ2n) is 6.31. The molecule has 2 aromatic rings. The summed E-state index contributed by atoms with van der Waals surface area (Å²) >= 11 is 0. The van der Waals surface area contributed by atoms with Crippen molar-refractivity contribution in [2.24, 2.45) is 0 Å². The van der Waals surface area contributed by atoms with Gasteiger partial charge in [-0.25, -0.2) is 4.79 Å². The molecule has 3 N–H and O–H groups in total. The first-order valence-corrected chi connectivity index (χ1v) is 8.40. The first kappa shape index (κ1) is 17.7. The van der Waals surface area contributed by atoms with E-state index in [1.807, 2.05) is 12.1 Å². The number of hydrogen-bond acceptors (Lipinski definition) is 4. The lowest BCUT2D eigenvalue weighted by molar-refractivity contribution is 0.0955. The van der Waals surface area contributed by atoms with Crippen LogP contribution in [0.25, 0.3) is 0 Å². The monoisotopic (exact) mass is 356 g/mol. The fraction of sp³-hybridized carbons (Fsp3) is 0.333. The van der Waals surface area contributed by atoms with E-state index in [0.29, 0.717) is 30.6 Å². The van der Waals surface area contributed by atoms with Gasteiger partial charge in [0.05, 0.1) is 5.56 Å². The Morgan fingerprint density at radius 3 is 2.69 bits per heavy atom. The molecule has 0 saturated carbocycles. The van der Waals surface area contributed by atoms with Gasteiger partial charge in [0.1, 0.15) is 0 Å². The van der Waals surface area contributed by atoms with Crippen molar-refractivity contribution in [3.8, 4) is 0 Å². The Hall–Kier alpha value is -3.16. The molecule has 3 rings (SSSR count). The molecule has 1 aromatic carbocycles. The molecular weight excluding hydrogens is 336 g/mol. The molecule has 2 amide bonds. The predicted octanol–water partition coefficient (Wildman–Crippen LogP) is 2.33. The van der Waals surface area contributed by atoms with Crippen molar-refractivity contribution in [2.45, 2.75) is 25.7 Å². The van der Waals surface area contributed by atoms with Crippen LogP contribution in [0, 0.1) is 0 Å². The van der Waals surface area contributed by atoms with Gasteiger partial charge in [0.2, 0.25) is 0 Å². The summed E-state index contributed by atoms with van der Waals surface area (Å²) in [6, 6.07) is 7.15. The quantitative estimate of drug-likeness (QED) is 0.760. The van der Waals surface area contributed by atoms with E-state index < -0.39 is 12.0 Å². The number of aromatic amines is 1. The van der Waals surface area contributed by atoms with E-state index in [-0.39, 0.29) is 11.5 Å². The fourth-order valence-corrected chi connectivity index (χ4v) is 2.91. The Bertz CT molecular complexity index is 841. The van der Waals surface area contributed by atoms with Gasteiger partial charge in [-0.1, -0.05) is 12.1 Å². The predicted molar refractivity (Wildman–Crippen MR) is 94.6 cm³/mol. The van der Waals surface area contributed by atoms with Crippen LogP contribution in [0.1, 0.15) is 44.9 Å². The molecule has 0 fully saturated rings. The fourth-order valence-electron chi connectivity index (χ4n) is 2.91. The number of rotatable bonds is 5. The molecule has 0 radical (unpaired) electrons. The number of likely N-dealkylation sites (N-methyl/N-ethyl adjacent to an activating group) is 1. The summed E-state index contributed by atoms with van der Waals surface area (Å²) in [5, 5.41) is 18.4. The molecule has 0 aliphatic heterocycles. The van der Waals surface area contributed by atoms with Crippen LogP contribution in [0.5, 0.6) is 0 Å². The zero-order valence-corrected chi connectivity index (χ0v) is 14.4. The minimum absolute atomic E-state index is 0.0527. The molecule has 136 valence electrons. The normalized spacial score (nSPS) is 13.2. The lowest BCUT2D eigenvalue weighted by Gasteiger charge is -2.13. The average Bonchev–Trinajstić information content (AvgIpc) is 3.06. The molecule has 8 heteroatoms. The number of nitrogens with one attached hydrogen (secondary N) is 2. The highest BCUT2D eigenvalue weighted by Crippen LogP contribution is 2.23. The van der Waals surface area contributed by atoms with E-state index in [4.69, 9.17) is 5.11 Å². The summed E-state index contributed by atoms with van der Waals surface area (Å²) in [4.78, 5) is 36.5. The van der Waals surface area contributed by atoms with E-state index >= 15 is 0 Å². The van der Waals surface area contributed by atoms with Crippen molar-refractivity contribution in [3.05, 3.63) is 46.8 Å².